The van der Waals surface area contributed by atoms with Crippen LogP contribution in [0.1, 0.15) is 48.4 Å². The second-order valence-corrected chi connectivity index (χ2v) is 6.59. The Morgan fingerprint density at radius 2 is 1.71 bits per heavy atom. The van der Waals surface area contributed by atoms with E-state index in [-0.39, 0.29) is 24.6 Å². The fraction of sp³-hybridized carbons (Fsp3) is 0.286. The average molecular weight is 385 g/mol. The highest BCUT2D eigenvalue weighted by Crippen LogP contribution is 2.18. The second kappa shape index (κ2) is 10.2. The normalized spacial score (nSPS) is 11.6. The van der Waals surface area contributed by atoms with Crippen LogP contribution >= 0.6 is 0 Å². The summed E-state index contributed by atoms with van der Waals surface area (Å²) in [7, 11) is 0. The van der Waals surface area contributed by atoms with Crippen molar-refractivity contribution in [3.8, 4) is 0 Å². The maximum atomic E-state index is 13.1. The van der Waals surface area contributed by atoms with E-state index >= 15 is 0 Å². The number of nitrogens with two attached hydrogens (primary N) is 1. The van der Waals surface area contributed by atoms with Gasteiger partial charge in [-0.05, 0) is 42.5 Å². The van der Waals surface area contributed by atoms with E-state index in [1.54, 1.807) is 12.1 Å². The first-order chi connectivity index (χ1) is 13.3. The third kappa shape index (κ3) is 6.83. The summed E-state index contributed by atoms with van der Waals surface area (Å²) >= 11 is 0. The zero-order valence-corrected chi connectivity index (χ0v) is 15.5. The van der Waals surface area contributed by atoms with E-state index in [9.17, 15) is 14.0 Å². The van der Waals surface area contributed by atoms with Crippen molar-refractivity contribution in [3.05, 3.63) is 71.0 Å². The van der Waals surface area contributed by atoms with Crippen LogP contribution in [0.15, 0.2) is 48.5 Å². The quantitative estimate of drug-likeness (QED) is 0.285. The Bertz CT molecular complexity index is 820. The highest BCUT2D eigenvalue weighted by Gasteiger charge is 2.18. The Morgan fingerprint density at radius 3 is 2.29 bits per heavy atom. The zero-order valence-electron chi connectivity index (χ0n) is 15.5. The van der Waals surface area contributed by atoms with Crippen LogP contribution in [0, 0.1) is 11.2 Å². The van der Waals surface area contributed by atoms with Gasteiger partial charge in [-0.25, -0.2) is 4.39 Å². The summed E-state index contributed by atoms with van der Waals surface area (Å²) in [6.07, 6.45) is 2.27. The lowest BCUT2D eigenvalue weighted by molar-refractivity contribution is -0.137. The Hall–Kier alpha value is -3.22. The predicted octanol–water partition coefficient (Wildman–Crippen LogP) is 3.15. The van der Waals surface area contributed by atoms with Gasteiger partial charge >= 0.3 is 5.97 Å². The lowest BCUT2D eigenvalue weighted by atomic mass is 10.0. The molecule has 5 N–H and O–H groups in total. The van der Waals surface area contributed by atoms with Gasteiger partial charge in [0, 0.05) is 12.0 Å². The van der Waals surface area contributed by atoms with Gasteiger partial charge in [0.25, 0.3) is 0 Å². The van der Waals surface area contributed by atoms with Crippen molar-refractivity contribution in [2.45, 2.75) is 38.1 Å². The number of unbranched alkanes of at least 4 members (excludes halogenated alkanes) is 1. The number of carboxylic acids is 1. The standard InChI is InChI=1S/C21H24FN3O3/c22-17-11-9-15(10-12-17)18(13-20(27)28)25-19(26)4-2-1-3-14-5-7-16(8-6-14)21(23)24/h5-12,18H,1-4,13H2,(H3,23,24)(H,25,26)(H,27,28). The van der Waals surface area contributed by atoms with Crippen LogP contribution in [0.2, 0.25) is 0 Å². The molecule has 0 aliphatic rings. The number of halogens is 1. The summed E-state index contributed by atoms with van der Waals surface area (Å²) < 4.78 is 13.1. The molecule has 0 bridgehead atoms. The molecule has 1 atom stereocenters. The summed E-state index contributed by atoms with van der Waals surface area (Å²) in [6, 6.07) is 12.2. The SMILES string of the molecule is N=C(N)c1ccc(CCCCC(=O)NC(CC(=O)O)c2ccc(F)cc2)cc1. The minimum absolute atomic E-state index is 0.0280. The Balaban J connectivity index is 1.81. The topological polar surface area (TPSA) is 116 Å². The monoisotopic (exact) mass is 385 g/mol. The average Bonchev–Trinajstić information content (AvgIpc) is 2.65. The minimum atomic E-state index is -1.04. The van der Waals surface area contributed by atoms with Gasteiger partial charge in [-0.15, -0.1) is 0 Å². The number of rotatable bonds is 10. The van der Waals surface area contributed by atoms with E-state index < -0.39 is 17.8 Å². The second-order valence-electron chi connectivity index (χ2n) is 6.59. The molecule has 0 radical (unpaired) electrons. The summed E-state index contributed by atoms with van der Waals surface area (Å²) in [5, 5.41) is 19.2. The third-order valence-corrected chi connectivity index (χ3v) is 4.37. The molecule has 6 nitrogen and oxygen atoms in total. The number of aliphatic carboxylic acids is 1. The van der Waals surface area contributed by atoms with Gasteiger partial charge in [-0.1, -0.05) is 36.4 Å². The number of aryl methyl sites for hydroxylation is 1. The number of nitrogens with one attached hydrogen (secondary N) is 2. The molecule has 0 spiro atoms. The van der Waals surface area contributed by atoms with E-state index in [0.29, 0.717) is 17.5 Å². The van der Waals surface area contributed by atoms with E-state index in [1.807, 2.05) is 12.1 Å². The summed E-state index contributed by atoms with van der Waals surface area (Å²) in [6.45, 7) is 0. The zero-order chi connectivity index (χ0) is 20.5. The highest BCUT2D eigenvalue weighted by atomic mass is 19.1. The van der Waals surface area contributed by atoms with Crippen LogP contribution < -0.4 is 11.1 Å². The molecule has 0 aromatic heterocycles. The van der Waals surface area contributed by atoms with Crippen molar-refractivity contribution in [1.82, 2.24) is 5.32 Å². The predicted molar refractivity (Wildman–Crippen MR) is 105 cm³/mol. The molecule has 0 saturated heterocycles. The molecule has 1 amide bonds. The molecule has 0 fully saturated rings. The third-order valence-electron chi connectivity index (χ3n) is 4.37. The van der Waals surface area contributed by atoms with E-state index in [2.05, 4.69) is 5.32 Å². The number of amidine groups is 1. The lowest BCUT2D eigenvalue weighted by Crippen LogP contribution is -2.30. The van der Waals surface area contributed by atoms with Crippen LogP contribution in [-0.2, 0) is 16.0 Å². The number of carboxylic acid groups (broad SMARTS) is 1. The number of benzene rings is 2. The molecule has 2 aromatic rings. The lowest BCUT2D eigenvalue weighted by Gasteiger charge is -2.17. The van der Waals surface area contributed by atoms with Crippen molar-refractivity contribution < 1.29 is 19.1 Å². The number of hydrogen-bond acceptors (Lipinski definition) is 3. The molecule has 0 aliphatic carbocycles. The Morgan fingerprint density at radius 1 is 1.07 bits per heavy atom. The van der Waals surface area contributed by atoms with Crippen LogP contribution in [0.4, 0.5) is 4.39 Å². The summed E-state index contributed by atoms with van der Waals surface area (Å²) in [5.41, 5.74) is 7.75. The number of carbonyl (C=O) groups is 2. The highest BCUT2D eigenvalue weighted by molar-refractivity contribution is 5.94. The first-order valence-corrected chi connectivity index (χ1v) is 9.05. The van der Waals surface area contributed by atoms with Crippen LogP contribution in [0.5, 0.6) is 0 Å². The number of nitrogen functional groups attached to an aromatic ring is 1. The first kappa shape index (κ1) is 21.1. The van der Waals surface area contributed by atoms with Crippen LogP contribution in [-0.4, -0.2) is 22.8 Å². The van der Waals surface area contributed by atoms with Gasteiger partial charge in [0.1, 0.15) is 11.7 Å². The van der Waals surface area contributed by atoms with E-state index in [4.69, 9.17) is 16.2 Å². The van der Waals surface area contributed by atoms with Crippen molar-refractivity contribution >= 4 is 17.7 Å². The van der Waals surface area contributed by atoms with Crippen molar-refractivity contribution in [2.75, 3.05) is 0 Å². The molecule has 7 heteroatoms. The number of hydrogen-bond donors (Lipinski definition) is 4. The number of carbonyl (C=O) groups excluding carboxylic acids is 1. The molecule has 1 unspecified atom stereocenters. The van der Waals surface area contributed by atoms with Crippen molar-refractivity contribution in [1.29, 1.82) is 5.41 Å². The van der Waals surface area contributed by atoms with Gasteiger partial charge in [0.15, 0.2) is 0 Å². The fourth-order valence-corrected chi connectivity index (χ4v) is 2.85. The van der Waals surface area contributed by atoms with Gasteiger partial charge < -0.3 is 16.2 Å². The first-order valence-electron chi connectivity index (χ1n) is 9.05. The molecule has 0 heterocycles. The summed E-state index contributed by atoms with van der Waals surface area (Å²) in [4.78, 5) is 23.3. The Labute approximate surface area is 163 Å². The molecule has 0 aliphatic heterocycles. The molecule has 28 heavy (non-hydrogen) atoms. The molecule has 0 saturated carbocycles. The van der Waals surface area contributed by atoms with Gasteiger partial charge in [0.05, 0.1) is 12.5 Å². The van der Waals surface area contributed by atoms with Gasteiger partial charge in [0.2, 0.25) is 5.91 Å². The largest absolute Gasteiger partial charge is 0.481 e. The maximum Gasteiger partial charge on any atom is 0.305 e. The number of amides is 1. The minimum Gasteiger partial charge on any atom is -0.481 e. The van der Waals surface area contributed by atoms with Gasteiger partial charge in [-0.2, -0.15) is 0 Å². The van der Waals surface area contributed by atoms with Crippen LogP contribution in [0.25, 0.3) is 0 Å². The van der Waals surface area contributed by atoms with E-state index in [0.717, 1.165) is 18.4 Å². The van der Waals surface area contributed by atoms with Gasteiger partial charge in [-0.3, -0.25) is 15.0 Å². The maximum absolute atomic E-state index is 13.1. The Kier molecular flexibility index (Phi) is 7.68. The smallest absolute Gasteiger partial charge is 0.305 e. The fourth-order valence-electron chi connectivity index (χ4n) is 2.85. The molecule has 2 aromatic carbocycles. The molecular formula is C21H24FN3O3. The van der Waals surface area contributed by atoms with Crippen LogP contribution in [0.3, 0.4) is 0 Å². The molecule has 148 valence electrons. The van der Waals surface area contributed by atoms with Crippen molar-refractivity contribution in [3.63, 3.8) is 0 Å². The molecular weight excluding hydrogens is 361 g/mol. The molecule has 2 rings (SSSR count). The summed E-state index contributed by atoms with van der Waals surface area (Å²) in [5.74, 6) is -1.66. The van der Waals surface area contributed by atoms with E-state index in [1.165, 1.54) is 24.3 Å². The van der Waals surface area contributed by atoms with Crippen molar-refractivity contribution in [2.24, 2.45) is 5.73 Å².